The van der Waals surface area contributed by atoms with E-state index in [0.29, 0.717) is 0 Å². The van der Waals surface area contributed by atoms with Gasteiger partial charge in [-0.3, -0.25) is 0 Å². The minimum Gasteiger partial charge on any atom is -0.455 e. The lowest BCUT2D eigenvalue weighted by Gasteiger charge is -2.29. The molecule has 12 aromatic rings. The van der Waals surface area contributed by atoms with E-state index in [4.69, 9.17) is 4.42 Å². The summed E-state index contributed by atoms with van der Waals surface area (Å²) in [5, 5.41) is 4.77. The standard InChI is InChI=1S/C64H43NO/c1-2-16-46(17-3-1)54-21-6-7-22-56(54)57-23-8-9-24-58(57)59-25-10-12-30-62(59)65(51-42-38-49(39-43-51)55-28-15-29-61-60-26-11-13-31-63(60)66-64(55)61)50-40-36-45(37-41-50)44-32-34-48(35-33-44)53-27-14-19-47-18-4-5-20-52(47)53/h1-43H. The molecule has 0 fully saturated rings. The predicted octanol–water partition coefficient (Wildman–Crippen LogP) is 18.2. The van der Waals surface area contributed by atoms with Crippen molar-refractivity contribution in [3.8, 4) is 66.8 Å². The maximum absolute atomic E-state index is 6.49. The van der Waals surface area contributed by atoms with Crippen LogP contribution in [0.4, 0.5) is 17.1 Å². The second kappa shape index (κ2) is 16.8. The lowest BCUT2D eigenvalue weighted by molar-refractivity contribution is 0.670. The molecule has 2 heteroatoms. The molecule has 0 amide bonds. The van der Waals surface area contributed by atoms with Crippen LogP contribution in [0.25, 0.3) is 99.5 Å². The van der Waals surface area contributed by atoms with Gasteiger partial charge in [-0.2, -0.15) is 0 Å². The maximum atomic E-state index is 6.49. The Morgan fingerprint density at radius 3 is 1.39 bits per heavy atom. The average molecular weight is 842 g/mol. The molecule has 0 unspecified atom stereocenters. The Bertz CT molecular complexity index is 3670. The largest absolute Gasteiger partial charge is 0.455 e. The lowest BCUT2D eigenvalue weighted by Crippen LogP contribution is -2.11. The molecule has 12 rings (SSSR count). The Balaban J connectivity index is 0.968. The van der Waals surface area contributed by atoms with Crippen LogP contribution in [0, 0.1) is 0 Å². The van der Waals surface area contributed by atoms with E-state index in [0.717, 1.165) is 66.8 Å². The summed E-state index contributed by atoms with van der Waals surface area (Å²) < 4.78 is 6.49. The summed E-state index contributed by atoms with van der Waals surface area (Å²) in [6.45, 7) is 0. The topological polar surface area (TPSA) is 16.4 Å². The molecule has 66 heavy (non-hydrogen) atoms. The molecule has 0 bridgehead atoms. The molecule has 310 valence electrons. The van der Waals surface area contributed by atoms with Crippen molar-refractivity contribution in [1.29, 1.82) is 0 Å². The number of rotatable bonds is 9. The van der Waals surface area contributed by atoms with Crippen molar-refractivity contribution in [3.05, 3.63) is 261 Å². The van der Waals surface area contributed by atoms with Gasteiger partial charge in [0.2, 0.25) is 0 Å². The summed E-state index contributed by atoms with van der Waals surface area (Å²) in [6, 6.07) is 93.8. The van der Waals surface area contributed by atoms with Crippen molar-refractivity contribution in [2.45, 2.75) is 0 Å². The van der Waals surface area contributed by atoms with Gasteiger partial charge in [0.15, 0.2) is 0 Å². The highest BCUT2D eigenvalue weighted by atomic mass is 16.3. The molecule has 0 radical (unpaired) electrons. The number of fused-ring (bicyclic) bond motifs is 4. The van der Waals surface area contributed by atoms with Gasteiger partial charge < -0.3 is 9.32 Å². The van der Waals surface area contributed by atoms with Crippen LogP contribution in [0.3, 0.4) is 0 Å². The van der Waals surface area contributed by atoms with Crippen molar-refractivity contribution < 1.29 is 4.42 Å². The summed E-state index contributed by atoms with van der Waals surface area (Å²) in [6.07, 6.45) is 0. The maximum Gasteiger partial charge on any atom is 0.143 e. The van der Waals surface area contributed by atoms with Gasteiger partial charge in [-0.1, -0.05) is 224 Å². The van der Waals surface area contributed by atoms with Crippen LogP contribution in [0.2, 0.25) is 0 Å². The molecule has 2 nitrogen and oxygen atoms in total. The van der Waals surface area contributed by atoms with Gasteiger partial charge in [-0.15, -0.1) is 0 Å². The van der Waals surface area contributed by atoms with Crippen molar-refractivity contribution in [3.63, 3.8) is 0 Å². The zero-order valence-corrected chi connectivity index (χ0v) is 36.2. The van der Waals surface area contributed by atoms with E-state index in [1.54, 1.807) is 0 Å². The number of furan rings is 1. The number of benzene rings is 11. The molecule has 0 N–H and O–H groups in total. The van der Waals surface area contributed by atoms with Crippen molar-refractivity contribution in [2.24, 2.45) is 0 Å². The van der Waals surface area contributed by atoms with Crippen molar-refractivity contribution >= 4 is 49.8 Å². The highest BCUT2D eigenvalue weighted by Gasteiger charge is 2.21. The van der Waals surface area contributed by atoms with E-state index in [-0.39, 0.29) is 0 Å². The quantitative estimate of drug-likeness (QED) is 0.144. The molecular weight excluding hydrogens is 799 g/mol. The minimum atomic E-state index is 0.898. The second-order valence-corrected chi connectivity index (χ2v) is 16.8. The average Bonchev–Trinajstić information content (AvgIpc) is 3.79. The van der Waals surface area contributed by atoms with Crippen LogP contribution < -0.4 is 4.90 Å². The second-order valence-electron chi connectivity index (χ2n) is 16.8. The van der Waals surface area contributed by atoms with Gasteiger partial charge in [0.1, 0.15) is 11.2 Å². The Morgan fingerprint density at radius 2 is 0.667 bits per heavy atom. The fraction of sp³-hybridized carbons (Fsp3) is 0. The van der Waals surface area contributed by atoms with Crippen LogP contribution in [0.15, 0.2) is 265 Å². The fourth-order valence-corrected chi connectivity index (χ4v) is 9.75. The number of hydrogen-bond acceptors (Lipinski definition) is 2. The molecular formula is C64H43NO. The molecule has 0 saturated carbocycles. The highest BCUT2D eigenvalue weighted by Crippen LogP contribution is 2.46. The summed E-state index contributed by atoms with van der Waals surface area (Å²) in [7, 11) is 0. The summed E-state index contributed by atoms with van der Waals surface area (Å²) >= 11 is 0. The first-order valence-corrected chi connectivity index (χ1v) is 22.6. The number of para-hydroxylation sites is 3. The zero-order chi connectivity index (χ0) is 43.8. The van der Waals surface area contributed by atoms with E-state index in [9.17, 15) is 0 Å². The zero-order valence-electron chi connectivity index (χ0n) is 36.2. The molecule has 11 aromatic carbocycles. The van der Waals surface area contributed by atoms with Crippen LogP contribution in [-0.2, 0) is 0 Å². The number of nitrogens with zero attached hydrogens (tertiary/aromatic N) is 1. The van der Waals surface area contributed by atoms with E-state index < -0.39 is 0 Å². The summed E-state index contributed by atoms with van der Waals surface area (Å²) in [4.78, 5) is 2.40. The lowest BCUT2D eigenvalue weighted by atomic mass is 9.88. The van der Waals surface area contributed by atoms with Gasteiger partial charge in [-0.25, -0.2) is 0 Å². The van der Waals surface area contributed by atoms with E-state index in [1.165, 1.54) is 49.7 Å². The first kappa shape index (κ1) is 38.9. The normalized spacial score (nSPS) is 11.3. The van der Waals surface area contributed by atoms with Gasteiger partial charge in [0.05, 0.1) is 5.69 Å². The molecule has 0 atom stereocenters. The van der Waals surface area contributed by atoms with Crippen molar-refractivity contribution in [2.75, 3.05) is 4.90 Å². The first-order chi connectivity index (χ1) is 32.7. The van der Waals surface area contributed by atoms with Gasteiger partial charge in [0.25, 0.3) is 0 Å². The SMILES string of the molecule is c1ccc(-c2ccccc2-c2ccccc2-c2ccccc2N(c2ccc(-c3ccc(-c4cccc5ccccc45)cc3)cc2)c2ccc(-c3cccc4c3oc3ccccc34)cc2)cc1. The first-order valence-electron chi connectivity index (χ1n) is 22.6. The van der Waals surface area contributed by atoms with Gasteiger partial charge >= 0.3 is 0 Å². The third kappa shape index (κ3) is 7.02. The predicted molar refractivity (Wildman–Crippen MR) is 279 cm³/mol. The highest BCUT2D eigenvalue weighted by molar-refractivity contribution is 6.09. The molecule has 0 saturated heterocycles. The molecule has 0 spiro atoms. The molecule has 1 heterocycles. The van der Waals surface area contributed by atoms with Crippen molar-refractivity contribution in [1.82, 2.24) is 0 Å². The fourth-order valence-electron chi connectivity index (χ4n) is 9.75. The van der Waals surface area contributed by atoms with E-state index >= 15 is 0 Å². The minimum absolute atomic E-state index is 0.898. The number of anilines is 3. The Kier molecular flexibility index (Phi) is 9.89. The number of hydrogen-bond donors (Lipinski definition) is 0. The van der Waals surface area contributed by atoms with E-state index in [2.05, 4.69) is 254 Å². The van der Waals surface area contributed by atoms with Gasteiger partial charge in [0, 0.05) is 33.3 Å². The Hall–Kier alpha value is -8.72. The third-order valence-corrected chi connectivity index (χ3v) is 12.9. The molecule has 0 aliphatic rings. The molecule has 0 aliphatic carbocycles. The molecule has 1 aromatic heterocycles. The van der Waals surface area contributed by atoms with Gasteiger partial charge in [-0.05, 0) is 103 Å². The third-order valence-electron chi connectivity index (χ3n) is 12.9. The van der Waals surface area contributed by atoms with Crippen LogP contribution in [0.5, 0.6) is 0 Å². The smallest absolute Gasteiger partial charge is 0.143 e. The van der Waals surface area contributed by atoms with Crippen LogP contribution in [0.1, 0.15) is 0 Å². The molecule has 0 aliphatic heterocycles. The van der Waals surface area contributed by atoms with Crippen LogP contribution >= 0.6 is 0 Å². The monoisotopic (exact) mass is 841 g/mol. The van der Waals surface area contributed by atoms with Crippen LogP contribution in [-0.4, -0.2) is 0 Å². The Labute approximate surface area is 384 Å². The van der Waals surface area contributed by atoms with E-state index in [1.807, 2.05) is 12.1 Å². The summed E-state index contributed by atoms with van der Waals surface area (Å²) in [5.41, 5.74) is 19.0. The summed E-state index contributed by atoms with van der Waals surface area (Å²) in [5.74, 6) is 0. The Morgan fingerprint density at radius 1 is 0.242 bits per heavy atom.